The second-order valence-corrected chi connectivity index (χ2v) is 8.48. The van der Waals surface area contributed by atoms with Gasteiger partial charge in [-0.15, -0.1) is 11.3 Å². The molecule has 0 atom stereocenters. The Kier molecular flexibility index (Phi) is 3.49. The zero-order valence-corrected chi connectivity index (χ0v) is 16.3. The van der Waals surface area contributed by atoms with Gasteiger partial charge in [0.25, 0.3) is 11.5 Å². The van der Waals surface area contributed by atoms with Gasteiger partial charge in [-0.05, 0) is 30.2 Å². The molecule has 0 bridgehead atoms. The zero-order valence-electron chi connectivity index (χ0n) is 15.4. The number of aryl methyl sites for hydroxylation is 1. The van der Waals surface area contributed by atoms with Gasteiger partial charge >= 0.3 is 0 Å². The molecule has 6 nitrogen and oxygen atoms in total. The summed E-state index contributed by atoms with van der Waals surface area (Å²) >= 11 is 1.51. The van der Waals surface area contributed by atoms with Gasteiger partial charge in [0.2, 0.25) is 0 Å². The third-order valence-electron chi connectivity index (χ3n) is 5.62. The third-order valence-corrected chi connectivity index (χ3v) is 6.59. The number of benzene rings is 2. The summed E-state index contributed by atoms with van der Waals surface area (Å²) in [4.78, 5) is 35.8. The van der Waals surface area contributed by atoms with Crippen molar-refractivity contribution in [1.29, 1.82) is 0 Å². The second-order valence-electron chi connectivity index (χ2n) is 7.40. The average molecular weight is 400 g/mol. The van der Waals surface area contributed by atoms with E-state index in [0.29, 0.717) is 21.6 Å². The number of amides is 1. The van der Waals surface area contributed by atoms with E-state index in [1.54, 1.807) is 22.8 Å². The SMILES string of the molecule is O=C(Nc1nc2c(s1)Cc1ccccc1-2)c1ccc2c(=O)n3c(nc2c1)CCC3. The number of carbonyl (C=O) groups is 1. The summed E-state index contributed by atoms with van der Waals surface area (Å²) in [6, 6.07) is 13.3. The first-order valence-electron chi connectivity index (χ1n) is 9.60. The summed E-state index contributed by atoms with van der Waals surface area (Å²) in [6.07, 6.45) is 2.59. The first-order valence-corrected chi connectivity index (χ1v) is 10.4. The summed E-state index contributed by atoms with van der Waals surface area (Å²) < 4.78 is 1.73. The molecular formula is C22H16N4O2S. The molecule has 0 spiro atoms. The van der Waals surface area contributed by atoms with Crippen LogP contribution in [-0.2, 0) is 19.4 Å². The first-order chi connectivity index (χ1) is 14.2. The number of nitrogens with one attached hydrogen (secondary N) is 1. The highest BCUT2D eigenvalue weighted by atomic mass is 32.1. The molecule has 1 aliphatic heterocycles. The van der Waals surface area contributed by atoms with Crippen molar-refractivity contribution in [3.8, 4) is 11.3 Å². The van der Waals surface area contributed by atoms with Crippen LogP contribution >= 0.6 is 11.3 Å². The lowest BCUT2D eigenvalue weighted by Gasteiger charge is -2.07. The number of rotatable bonds is 2. The lowest BCUT2D eigenvalue weighted by molar-refractivity contribution is 0.102. The minimum Gasteiger partial charge on any atom is -0.298 e. The molecule has 1 amide bonds. The Morgan fingerprint density at radius 3 is 2.97 bits per heavy atom. The number of anilines is 1. The Morgan fingerprint density at radius 2 is 2.03 bits per heavy atom. The fraction of sp³-hybridized carbons (Fsp3) is 0.182. The van der Waals surface area contributed by atoms with Crippen LogP contribution in [0.5, 0.6) is 0 Å². The molecule has 0 radical (unpaired) electrons. The normalized spacial score (nSPS) is 13.9. The van der Waals surface area contributed by atoms with E-state index in [2.05, 4.69) is 27.4 Å². The van der Waals surface area contributed by atoms with Crippen LogP contribution in [0.1, 0.15) is 33.0 Å². The fourth-order valence-corrected chi connectivity index (χ4v) is 5.20. The topological polar surface area (TPSA) is 76.9 Å². The molecular weight excluding hydrogens is 384 g/mol. The highest BCUT2D eigenvalue weighted by molar-refractivity contribution is 7.16. The zero-order chi connectivity index (χ0) is 19.5. The molecule has 2 aromatic carbocycles. The first kappa shape index (κ1) is 16.6. The average Bonchev–Trinajstić information content (AvgIpc) is 3.42. The molecule has 7 heteroatoms. The lowest BCUT2D eigenvalue weighted by Crippen LogP contribution is -2.21. The molecule has 1 N–H and O–H groups in total. The van der Waals surface area contributed by atoms with Crippen molar-refractivity contribution in [2.75, 3.05) is 5.32 Å². The van der Waals surface area contributed by atoms with Gasteiger partial charge in [-0.3, -0.25) is 19.5 Å². The van der Waals surface area contributed by atoms with Crippen LogP contribution in [0, 0.1) is 0 Å². The predicted molar refractivity (Wildman–Crippen MR) is 113 cm³/mol. The minimum absolute atomic E-state index is 0.0236. The monoisotopic (exact) mass is 400 g/mol. The van der Waals surface area contributed by atoms with Gasteiger partial charge < -0.3 is 0 Å². The number of carbonyl (C=O) groups excluding carboxylic acids is 1. The Balaban J connectivity index is 1.32. The minimum atomic E-state index is -0.241. The van der Waals surface area contributed by atoms with Crippen LogP contribution in [0.3, 0.4) is 0 Å². The van der Waals surface area contributed by atoms with Crippen molar-refractivity contribution in [2.24, 2.45) is 0 Å². The molecule has 2 aromatic heterocycles. The third kappa shape index (κ3) is 2.54. The summed E-state index contributed by atoms with van der Waals surface area (Å²) in [5, 5.41) is 4.05. The maximum absolute atomic E-state index is 12.8. The number of hydrogen-bond acceptors (Lipinski definition) is 5. The van der Waals surface area contributed by atoms with E-state index in [0.717, 1.165) is 42.9 Å². The van der Waals surface area contributed by atoms with E-state index in [9.17, 15) is 9.59 Å². The predicted octanol–water partition coefficient (Wildman–Crippen LogP) is 3.62. The Morgan fingerprint density at radius 1 is 1.14 bits per heavy atom. The molecule has 6 rings (SSSR count). The maximum atomic E-state index is 12.8. The smallest absolute Gasteiger partial charge is 0.261 e. The van der Waals surface area contributed by atoms with E-state index in [-0.39, 0.29) is 11.5 Å². The number of thiazole rings is 1. The van der Waals surface area contributed by atoms with Crippen molar-refractivity contribution in [1.82, 2.24) is 14.5 Å². The highest BCUT2D eigenvalue weighted by Gasteiger charge is 2.24. The fourth-order valence-electron chi connectivity index (χ4n) is 4.21. The Labute approximate surface area is 169 Å². The summed E-state index contributed by atoms with van der Waals surface area (Å²) in [5.74, 6) is 0.560. The molecule has 29 heavy (non-hydrogen) atoms. The standard InChI is InChI=1S/C22H16N4O2S/c27-20(25-22-24-19-14-5-2-1-4-12(14)11-17(19)29-22)13-7-8-15-16(10-13)23-18-6-3-9-26(18)21(15)28/h1-2,4-5,7-8,10H,3,6,9,11H2,(H,24,25,27). The number of aromatic nitrogens is 3. The summed E-state index contributed by atoms with van der Waals surface area (Å²) in [7, 11) is 0. The van der Waals surface area contributed by atoms with E-state index >= 15 is 0 Å². The second kappa shape index (κ2) is 6.09. The molecule has 1 aliphatic carbocycles. The van der Waals surface area contributed by atoms with Gasteiger partial charge in [-0.25, -0.2) is 9.97 Å². The van der Waals surface area contributed by atoms with E-state index in [1.807, 2.05) is 12.1 Å². The molecule has 0 saturated heterocycles. The van der Waals surface area contributed by atoms with Gasteiger partial charge in [-0.1, -0.05) is 24.3 Å². The van der Waals surface area contributed by atoms with E-state index in [1.165, 1.54) is 21.8 Å². The Bertz CT molecular complexity index is 1390. The summed E-state index contributed by atoms with van der Waals surface area (Å²) in [6.45, 7) is 0.719. The van der Waals surface area contributed by atoms with Crippen LogP contribution < -0.4 is 10.9 Å². The highest BCUT2D eigenvalue weighted by Crippen LogP contribution is 2.40. The Hall–Kier alpha value is -3.32. The molecule has 3 heterocycles. The maximum Gasteiger partial charge on any atom is 0.261 e. The molecule has 0 saturated carbocycles. The molecule has 0 fully saturated rings. The summed E-state index contributed by atoms with van der Waals surface area (Å²) in [5.41, 5.74) is 4.41. The molecule has 2 aliphatic rings. The van der Waals surface area contributed by atoms with Crippen LogP contribution in [0.25, 0.3) is 22.2 Å². The van der Waals surface area contributed by atoms with Crippen molar-refractivity contribution in [3.63, 3.8) is 0 Å². The largest absolute Gasteiger partial charge is 0.298 e. The van der Waals surface area contributed by atoms with Crippen LogP contribution in [-0.4, -0.2) is 20.4 Å². The number of hydrogen-bond donors (Lipinski definition) is 1. The van der Waals surface area contributed by atoms with Crippen molar-refractivity contribution < 1.29 is 4.79 Å². The van der Waals surface area contributed by atoms with Crippen LogP contribution in [0.15, 0.2) is 47.3 Å². The van der Waals surface area contributed by atoms with Crippen molar-refractivity contribution >= 4 is 33.3 Å². The van der Waals surface area contributed by atoms with E-state index in [4.69, 9.17) is 0 Å². The van der Waals surface area contributed by atoms with Crippen LogP contribution in [0.4, 0.5) is 5.13 Å². The van der Waals surface area contributed by atoms with Crippen molar-refractivity contribution in [2.45, 2.75) is 25.8 Å². The van der Waals surface area contributed by atoms with Crippen LogP contribution in [0.2, 0.25) is 0 Å². The van der Waals surface area contributed by atoms with Gasteiger partial charge in [0.05, 0.1) is 16.6 Å². The van der Waals surface area contributed by atoms with Gasteiger partial charge in [0.1, 0.15) is 5.82 Å². The van der Waals surface area contributed by atoms with Crippen molar-refractivity contribution in [3.05, 3.63) is 74.6 Å². The van der Waals surface area contributed by atoms with Gasteiger partial charge in [-0.2, -0.15) is 0 Å². The molecule has 0 unspecified atom stereocenters. The lowest BCUT2D eigenvalue weighted by atomic mass is 10.1. The van der Waals surface area contributed by atoms with Gasteiger partial charge in [0, 0.05) is 35.4 Å². The number of fused-ring (bicyclic) bond motifs is 5. The molecule has 142 valence electrons. The van der Waals surface area contributed by atoms with E-state index < -0.39 is 0 Å². The van der Waals surface area contributed by atoms with Gasteiger partial charge in [0.15, 0.2) is 5.13 Å². The molecule has 4 aromatic rings. The number of nitrogens with zero attached hydrogens (tertiary/aromatic N) is 3. The quantitative estimate of drug-likeness (QED) is 0.491.